The minimum atomic E-state index is -4.47. The summed E-state index contributed by atoms with van der Waals surface area (Å²) in [6, 6.07) is 4.37. The van der Waals surface area contributed by atoms with Crippen molar-refractivity contribution < 1.29 is 35.2 Å². The molecule has 1 fully saturated rings. The van der Waals surface area contributed by atoms with Crippen molar-refractivity contribution in [2.24, 2.45) is 0 Å². The van der Waals surface area contributed by atoms with Crippen LogP contribution >= 0.6 is 0 Å². The molecule has 0 saturated carbocycles. The van der Waals surface area contributed by atoms with Crippen molar-refractivity contribution in [2.75, 3.05) is 37.6 Å². The molecule has 2 heterocycles. The Morgan fingerprint density at radius 1 is 1.03 bits per heavy atom. The average molecular weight is 478 g/mol. The number of alkyl halides is 3. The number of nitrogens with one attached hydrogen (secondary N) is 1. The number of halogens is 5. The van der Waals surface area contributed by atoms with Gasteiger partial charge in [-0.2, -0.15) is 13.2 Å². The number of carbonyl (C=O) groups is 1. The molecule has 0 spiro atoms. The Balaban J connectivity index is 1.48. The van der Waals surface area contributed by atoms with Gasteiger partial charge in [-0.15, -0.1) is 0 Å². The van der Waals surface area contributed by atoms with Gasteiger partial charge in [0.1, 0.15) is 5.82 Å². The second-order valence-electron chi connectivity index (χ2n) is 6.99. The Morgan fingerprint density at radius 3 is 2.28 bits per heavy atom. The number of hydrogen-bond donors (Lipinski definition) is 1. The predicted molar refractivity (Wildman–Crippen MR) is 104 cm³/mol. The van der Waals surface area contributed by atoms with Gasteiger partial charge >= 0.3 is 6.18 Å². The molecule has 1 aromatic carbocycles. The van der Waals surface area contributed by atoms with E-state index in [-0.39, 0.29) is 32.0 Å². The maximum atomic E-state index is 13.2. The highest BCUT2D eigenvalue weighted by Crippen LogP contribution is 2.29. The number of aromatic nitrogens is 1. The lowest BCUT2D eigenvalue weighted by Crippen LogP contribution is -2.49. The van der Waals surface area contributed by atoms with Crippen molar-refractivity contribution in [2.45, 2.75) is 17.5 Å². The average Bonchev–Trinajstić information content (AvgIpc) is 2.75. The molecule has 1 aliphatic heterocycles. The molecule has 32 heavy (non-hydrogen) atoms. The zero-order valence-corrected chi connectivity index (χ0v) is 17.4. The number of rotatable bonds is 6. The van der Waals surface area contributed by atoms with Gasteiger partial charge in [-0.05, 0) is 30.3 Å². The van der Waals surface area contributed by atoms with Crippen LogP contribution in [0.15, 0.2) is 41.4 Å². The van der Waals surface area contributed by atoms with Gasteiger partial charge in [0, 0.05) is 45.3 Å². The fraction of sp³-hybridized carbons (Fsp3) is 0.368. The minimum Gasteiger partial charge on any atom is -0.353 e. The zero-order chi connectivity index (χ0) is 23.5. The molecule has 13 heteroatoms. The molecule has 1 saturated heterocycles. The van der Waals surface area contributed by atoms with E-state index in [0.29, 0.717) is 31.0 Å². The van der Waals surface area contributed by atoms with Gasteiger partial charge in [0.15, 0.2) is 11.6 Å². The van der Waals surface area contributed by atoms with Crippen LogP contribution in [0, 0.1) is 11.6 Å². The molecule has 2 aromatic rings. The van der Waals surface area contributed by atoms with Gasteiger partial charge in [0.2, 0.25) is 15.9 Å². The fourth-order valence-electron chi connectivity index (χ4n) is 3.10. The van der Waals surface area contributed by atoms with Crippen LogP contribution in [0.25, 0.3) is 0 Å². The molecule has 0 radical (unpaired) electrons. The number of pyridine rings is 1. The van der Waals surface area contributed by atoms with Gasteiger partial charge in [-0.25, -0.2) is 26.9 Å². The molecule has 7 nitrogen and oxygen atoms in total. The maximum absolute atomic E-state index is 13.2. The van der Waals surface area contributed by atoms with Crippen molar-refractivity contribution in [3.8, 4) is 0 Å². The number of piperazine rings is 1. The molecular weight excluding hydrogens is 459 g/mol. The van der Waals surface area contributed by atoms with Crippen molar-refractivity contribution in [3.63, 3.8) is 0 Å². The van der Waals surface area contributed by atoms with E-state index in [1.807, 2.05) is 0 Å². The van der Waals surface area contributed by atoms with Crippen molar-refractivity contribution in [1.82, 2.24) is 14.6 Å². The van der Waals surface area contributed by atoms with Crippen LogP contribution in [-0.4, -0.2) is 56.9 Å². The molecule has 174 valence electrons. The van der Waals surface area contributed by atoms with Crippen molar-refractivity contribution in [1.29, 1.82) is 0 Å². The van der Waals surface area contributed by atoms with Crippen LogP contribution < -0.4 is 9.62 Å². The molecule has 0 aliphatic carbocycles. The van der Waals surface area contributed by atoms with E-state index in [1.165, 1.54) is 11.0 Å². The number of anilines is 1. The van der Waals surface area contributed by atoms with Crippen LogP contribution in [0.4, 0.5) is 27.8 Å². The third kappa shape index (κ3) is 5.71. The van der Waals surface area contributed by atoms with E-state index in [2.05, 4.69) is 9.71 Å². The second-order valence-corrected chi connectivity index (χ2v) is 8.76. The Bertz CT molecular complexity index is 1070. The maximum Gasteiger partial charge on any atom is 0.417 e. The summed E-state index contributed by atoms with van der Waals surface area (Å²) >= 11 is 0. The summed E-state index contributed by atoms with van der Waals surface area (Å²) in [5, 5.41) is 0. The summed E-state index contributed by atoms with van der Waals surface area (Å²) in [6.07, 6.45) is -3.86. The first-order chi connectivity index (χ1) is 15.0. The molecule has 1 N–H and O–H groups in total. The monoisotopic (exact) mass is 478 g/mol. The largest absolute Gasteiger partial charge is 0.417 e. The standard InChI is InChI=1S/C19H19F5N4O3S/c20-15-3-2-14(11-16(15)21)32(30,31)26-6-5-18(29)28-9-7-27(8-10-28)17-4-1-13(12-25-17)19(22,23)24/h1-4,11-12,26H,5-10H2. The van der Waals surface area contributed by atoms with E-state index < -0.39 is 38.3 Å². The van der Waals surface area contributed by atoms with E-state index in [1.54, 1.807) is 4.90 Å². The molecule has 0 bridgehead atoms. The van der Waals surface area contributed by atoms with Gasteiger partial charge in [0.05, 0.1) is 10.5 Å². The van der Waals surface area contributed by atoms with E-state index in [4.69, 9.17) is 0 Å². The normalized spacial score (nSPS) is 15.2. The molecule has 0 atom stereocenters. The number of nitrogens with zero attached hydrogens (tertiary/aromatic N) is 3. The van der Waals surface area contributed by atoms with E-state index >= 15 is 0 Å². The lowest BCUT2D eigenvalue weighted by atomic mass is 10.2. The third-order valence-corrected chi connectivity index (χ3v) is 6.32. The summed E-state index contributed by atoms with van der Waals surface area (Å²) in [5.74, 6) is -2.43. The van der Waals surface area contributed by atoms with Crippen LogP contribution in [0.1, 0.15) is 12.0 Å². The zero-order valence-electron chi connectivity index (χ0n) is 16.6. The molecule has 1 aromatic heterocycles. The Morgan fingerprint density at radius 2 is 1.72 bits per heavy atom. The second kappa shape index (κ2) is 9.36. The topological polar surface area (TPSA) is 82.6 Å². The summed E-state index contributed by atoms with van der Waals surface area (Å²) < 4.78 is 90.5. The predicted octanol–water partition coefficient (Wildman–Crippen LogP) is 2.40. The van der Waals surface area contributed by atoms with Crippen LogP contribution in [0.5, 0.6) is 0 Å². The molecular formula is C19H19F5N4O3S. The van der Waals surface area contributed by atoms with Crippen LogP contribution in [0.3, 0.4) is 0 Å². The lowest BCUT2D eigenvalue weighted by molar-refractivity contribution is -0.137. The van der Waals surface area contributed by atoms with Crippen molar-refractivity contribution >= 4 is 21.7 Å². The molecule has 1 amide bonds. The third-order valence-electron chi connectivity index (χ3n) is 4.86. The van der Waals surface area contributed by atoms with Crippen LogP contribution in [-0.2, 0) is 21.0 Å². The van der Waals surface area contributed by atoms with E-state index in [0.717, 1.165) is 18.3 Å². The summed E-state index contributed by atoms with van der Waals surface area (Å²) in [4.78, 5) is 19.0. The first-order valence-corrected chi connectivity index (χ1v) is 11.0. The Kier molecular flexibility index (Phi) is 6.98. The SMILES string of the molecule is O=C(CCNS(=O)(=O)c1ccc(F)c(F)c1)N1CCN(c2ccc(C(F)(F)F)cn2)CC1. The Labute approximate surface area is 180 Å². The highest BCUT2D eigenvalue weighted by atomic mass is 32.2. The quantitative estimate of drug-likeness (QED) is 0.645. The lowest BCUT2D eigenvalue weighted by Gasteiger charge is -2.35. The fourth-order valence-corrected chi connectivity index (χ4v) is 4.15. The van der Waals surface area contributed by atoms with Gasteiger partial charge < -0.3 is 9.80 Å². The molecule has 0 unspecified atom stereocenters. The first kappa shape index (κ1) is 23.9. The number of carbonyl (C=O) groups excluding carboxylic acids is 1. The number of sulfonamides is 1. The highest BCUT2D eigenvalue weighted by Gasteiger charge is 2.31. The Hall–Kier alpha value is -2.80. The number of benzene rings is 1. The highest BCUT2D eigenvalue weighted by molar-refractivity contribution is 7.89. The van der Waals surface area contributed by atoms with E-state index in [9.17, 15) is 35.2 Å². The molecule has 1 aliphatic rings. The van der Waals surface area contributed by atoms with Gasteiger partial charge in [-0.3, -0.25) is 4.79 Å². The minimum absolute atomic E-state index is 0.151. The summed E-state index contributed by atoms with van der Waals surface area (Å²) in [7, 11) is -4.11. The summed E-state index contributed by atoms with van der Waals surface area (Å²) in [6.45, 7) is 1.05. The smallest absolute Gasteiger partial charge is 0.353 e. The van der Waals surface area contributed by atoms with Gasteiger partial charge in [-0.1, -0.05) is 0 Å². The van der Waals surface area contributed by atoms with Gasteiger partial charge in [0.25, 0.3) is 0 Å². The van der Waals surface area contributed by atoms with Crippen molar-refractivity contribution in [3.05, 3.63) is 53.7 Å². The number of hydrogen-bond acceptors (Lipinski definition) is 5. The number of amides is 1. The summed E-state index contributed by atoms with van der Waals surface area (Å²) in [5.41, 5.74) is -0.846. The van der Waals surface area contributed by atoms with Crippen LogP contribution in [0.2, 0.25) is 0 Å². The molecule has 3 rings (SSSR count). The first-order valence-electron chi connectivity index (χ1n) is 9.48.